The van der Waals surface area contributed by atoms with E-state index in [0.29, 0.717) is 5.15 Å². The first-order valence-corrected chi connectivity index (χ1v) is 4.22. The number of halogens is 2. The SMILES string of the molecule is [N-]=[N+]=NCc1cc(Cl)ncc1Br. The molecule has 0 N–H and O–H groups in total. The van der Waals surface area contributed by atoms with Gasteiger partial charge in [-0.25, -0.2) is 4.98 Å². The largest absolute Gasteiger partial charge is 0.243 e. The van der Waals surface area contributed by atoms with Gasteiger partial charge in [-0.15, -0.1) is 0 Å². The zero-order chi connectivity index (χ0) is 8.97. The molecule has 0 fully saturated rings. The molecule has 1 heterocycles. The van der Waals surface area contributed by atoms with Crippen molar-refractivity contribution >= 4 is 27.5 Å². The molecule has 6 heteroatoms. The minimum atomic E-state index is 0.277. The Hall–Kier alpha value is -0.770. The summed E-state index contributed by atoms with van der Waals surface area (Å²) in [6.07, 6.45) is 1.57. The van der Waals surface area contributed by atoms with Crippen LogP contribution in [0.3, 0.4) is 0 Å². The molecule has 12 heavy (non-hydrogen) atoms. The van der Waals surface area contributed by atoms with Gasteiger partial charge in [0, 0.05) is 15.6 Å². The van der Waals surface area contributed by atoms with E-state index in [1.165, 1.54) is 0 Å². The van der Waals surface area contributed by atoms with E-state index in [2.05, 4.69) is 30.9 Å². The van der Waals surface area contributed by atoms with Crippen LogP contribution in [0.1, 0.15) is 5.56 Å². The molecule has 1 aromatic rings. The Morgan fingerprint density at radius 2 is 2.50 bits per heavy atom. The van der Waals surface area contributed by atoms with Crippen LogP contribution in [0.25, 0.3) is 10.4 Å². The van der Waals surface area contributed by atoms with E-state index < -0.39 is 0 Å². The summed E-state index contributed by atoms with van der Waals surface area (Å²) >= 11 is 8.89. The molecule has 1 aromatic heterocycles. The standard InChI is InChI=1S/C6H4BrClN4/c7-5-3-10-6(8)1-4(5)2-11-12-9/h1,3H,2H2. The number of hydrogen-bond acceptors (Lipinski definition) is 2. The van der Waals surface area contributed by atoms with Crippen LogP contribution in [0.5, 0.6) is 0 Å². The third-order valence-electron chi connectivity index (χ3n) is 1.21. The Bertz CT molecular complexity index is 334. The van der Waals surface area contributed by atoms with Gasteiger partial charge in [0.1, 0.15) is 5.15 Å². The van der Waals surface area contributed by atoms with Crippen molar-refractivity contribution in [3.63, 3.8) is 0 Å². The summed E-state index contributed by atoms with van der Waals surface area (Å²) in [4.78, 5) is 6.47. The minimum absolute atomic E-state index is 0.277. The van der Waals surface area contributed by atoms with Crippen molar-refractivity contribution in [1.82, 2.24) is 4.98 Å². The van der Waals surface area contributed by atoms with Gasteiger partial charge in [-0.05, 0) is 33.1 Å². The van der Waals surface area contributed by atoms with Gasteiger partial charge in [0.25, 0.3) is 0 Å². The summed E-state index contributed by atoms with van der Waals surface area (Å²) in [5, 5.41) is 3.80. The Balaban J connectivity index is 2.96. The molecule has 0 atom stereocenters. The van der Waals surface area contributed by atoms with Crippen molar-refractivity contribution in [3.05, 3.63) is 37.9 Å². The monoisotopic (exact) mass is 246 g/mol. The summed E-state index contributed by atoms with van der Waals surface area (Å²) in [5.74, 6) is 0. The summed E-state index contributed by atoms with van der Waals surface area (Å²) in [5.41, 5.74) is 8.91. The molecular weight excluding hydrogens is 243 g/mol. The van der Waals surface area contributed by atoms with Gasteiger partial charge in [-0.2, -0.15) is 0 Å². The molecule has 1 rings (SSSR count). The zero-order valence-electron chi connectivity index (χ0n) is 5.91. The average molecular weight is 247 g/mol. The van der Waals surface area contributed by atoms with Gasteiger partial charge in [0.2, 0.25) is 0 Å². The number of pyridine rings is 1. The molecular formula is C6H4BrClN4. The van der Waals surface area contributed by atoms with Crippen molar-refractivity contribution in [2.24, 2.45) is 5.11 Å². The van der Waals surface area contributed by atoms with Crippen LogP contribution in [-0.4, -0.2) is 4.98 Å². The summed E-state index contributed by atoms with van der Waals surface area (Å²) < 4.78 is 0.791. The summed E-state index contributed by atoms with van der Waals surface area (Å²) in [6, 6.07) is 1.65. The maximum Gasteiger partial charge on any atom is 0.129 e. The molecule has 62 valence electrons. The average Bonchev–Trinajstić information content (AvgIpc) is 2.07. The topological polar surface area (TPSA) is 61.7 Å². The predicted octanol–water partition coefficient (Wildman–Crippen LogP) is 3.31. The van der Waals surface area contributed by atoms with Crippen molar-refractivity contribution in [3.8, 4) is 0 Å². The highest BCUT2D eigenvalue weighted by Crippen LogP contribution is 2.19. The van der Waals surface area contributed by atoms with Crippen LogP contribution in [0.15, 0.2) is 21.9 Å². The van der Waals surface area contributed by atoms with Crippen molar-refractivity contribution in [2.45, 2.75) is 6.54 Å². The molecule has 0 unspecified atom stereocenters. The lowest BCUT2D eigenvalue weighted by molar-refractivity contribution is 1.03. The van der Waals surface area contributed by atoms with E-state index in [0.717, 1.165) is 10.0 Å². The maximum atomic E-state index is 8.08. The van der Waals surface area contributed by atoms with Crippen molar-refractivity contribution < 1.29 is 0 Å². The van der Waals surface area contributed by atoms with Crippen LogP contribution in [0, 0.1) is 0 Å². The first-order chi connectivity index (χ1) is 5.74. The lowest BCUT2D eigenvalue weighted by atomic mass is 10.3. The fraction of sp³-hybridized carbons (Fsp3) is 0.167. The number of rotatable bonds is 2. The normalized spacial score (nSPS) is 9.17. The van der Waals surface area contributed by atoms with Crippen molar-refractivity contribution in [2.75, 3.05) is 0 Å². The second-order valence-electron chi connectivity index (χ2n) is 1.99. The van der Waals surface area contributed by atoms with E-state index >= 15 is 0 Å². The molecule has 0 spiro atoms. The van der Waals surface area contributed by atoms with Crippen LogP contribution in [0.4, 0.5) is 0 Å². The Labute approximate surface area is 82.3 Å². The van der Waals surface area contributed by atoms with Crippen LogP contribution in [-0.2, 0) is 6.54 Å². The zero-order valence-corrected chi connectivity index (χ0v) is 8.25. The molecule has 4 nitrogen and oxygen atoms in total. The van der Waals surface area contributed by atoms with Crippen molar-refractivity contribution in [1.29, 1.82) is 0 Å². The number of nitrogens with zero attached hydrogens (tertiary/aromatic N) is 4. The highest BCUT2D eigenvalue weighted by Gasteiger charge is 1.99. The van der Waals surface area contributed by atoms with E-state index in [1.807, 2.05) is 0 Å². The summed E-state index contributed by atoms with van der Waals surface area (Å²) in [7, 11) is 0. The van der Waals surface area contributed by atoms with Gasteiger partial charge < -0.3 is 0 Å². The number of aromatic nitrogens is 1. The summed E-state index contributed by atoms with van der Waals surface area (Å²) in [6.45, 7) is 0.277. The molecule has 0 aromatic carbocycles. The van der Waals surface area contributed by atoms with Gasteiger partial charge in [0.15, 0.2) is 0 Å². The molecule has 0 saturated heterocycles. The van der Waals surface area contributed by atoms with Crippen LogP contribution < -0.4 is 0 Å². The second-order valence-corrected chi connectivity index (χ2v) is 3.23. The number of hydrogen-bond donors (Lipinski definition) is 0. The molecule has 0 aliphatic heterocycles. The van der Waals surface area contributed by atoms with E-state index in [1.54, 1.807) is 12.3 Å². The van der Waals surface area contributed by atoms with E-state index in [4.69, 9.17) is 17.1 Å². The fourth-order valence-corrected chi connectivity index (χ4v) is 1.20. The maximum absolute atomic E-state index is 8.08. The lowest BCUT2D eigenvalue weighted by Gasteiger charge is -1.98. The lowest BCUT2D eigenvalue weighted by Crippen LogP contribution is -1.85. The molecule has 0 amide bonds. The first-order valence-electron chi connectivity index (χ1n) is 3.05. The second kappa shape index (κ2) is 4.30. The van der Waals surface area contributed by atoms with Crippen LogP contribution in [0.2, 0.25) is 5.15 Å². The third kappa shape index (κ3) is 2.37. The molecule has 0 aliphatic carbocycles. The molecule has 0 bridgehead atoms. The smallest absolute Gasteiger partial charge is 0.129 e. The minimum Gasteiger partial charge on any atom is -0.243 e. The van der Waals surface area contributed by atoms with Gasteiger partial charge >= 0.3 is 0 Å². The number of azide groups is 1. The quantitative estimate of drug-likeness (QED) is 0.342. The Morgan fingerprint density at radius 1 is 1.75 bits per heavy atom. The fourth-order valence-electron chi connectivity index (χ4n) is 0.680. The van der Waals surface area contributed by atoms with E-state index in [-0.39, 0.29) is 6.54 Å². The van der Waals surface area contributed by atoms with Gasteiger partial charge in [-0.3, -0.25) is 0 Å². The molecule has 0 radical (unpaired) electrons. The predicted molar refractivity (Wildman–Crippen MR) is 49.8 cm³/mol. The van der Waals surface area contributed by atoms with Crippen LogP contribution >= 0.6 is 27.5 Å². The van der Waals surface area contributed by atoms with Gasteiger partial charge in [0.05, 0.1) is 6.54 Å². The highest BCUT2D eigenvalue weighted by molar-refractivity contribution is 9.10. The third-order valence-corrected chi connectivity index (χ3v) is 2.13. The molecule has 0 aliphatic rings. The highest BCUT2D eigenvalue weighted by atomic mass is 79.9. The Morgan fingerprint density at radius 3 is 3.17 bits per heavy atom. The van der Waals surface area contributed by atoms with Gasteiger partial charge in [-0.1, -0.05) is 16.7 Å². The van der Waals surface area contributed by atoms with E-state index in [9.17, 15) is 0 Å². The first kappa shape index (κ1) is 9.32. The molecule has 0 saturated carbocycles. The Kier molecular flexibility index (Phi) is 3.34.